The van der Waals surface area contributed by atoms with Crippen LogP contribution < -0.4 is 5.73 Å². The number of aromatic hydroxyl groups is 1. The highest BCUT2D eigenvalue weighted by molar-refractivity contribution is 6.01. The van der Waals surface area contributed by atoms with Gasteiger partial charge in [-0.2, -0.15) is 0 Å². The summed E-state index contributed by atoms with van der Waals surface area (Å²) in [6.45, 7) is 4.43. The number of phenols is 1. The Kier molecular flexibility index (Phi) is 3.92. The second-order valence-electron chi connectivity index (χ2n) is 6.03. The molecule has 0 spiro atoms. The first-order valence-corrected chi connectivity index (χ1v) is 7.68. The highest BCUT2D eigenvalue weighted by atomic mass is 16.3. The molecule has 2 aromatic carbocycles. The number of hydrogen-bond donors (Lipinski definition) is 2. The summed E-state index contributed by atoms with van der Waals surface area (Å²) in [5.74, 6) is -0.0498. The van der Waals surface area contributed by atoms with Crippen LogP contribution >= 0.6 is 0 Å². The maximum absolute atomic E-state index is 12.8. The molecule has 0 saturated heterocycles. The average molecular weight is 308 g/mol. The normalized spacial score (nSPS) is 11.3. The summed E-state index contributed by atoms with van der Waals surface area (Å²) in [6.07, 6.45) is 3.56. The van der Waals surface area contributed by atoms with Gasteiger partial charge in [0.1, 0.15) is 5.75 Å². The molecule has 1 aromatic heterocycles. The van der Waals surface area contributed by atoms with Crippen LogP contribution in [-0.2, 0) is 6.54 Å². The summed E-state index contributed by atoms with van der Waals surface area (Å²) in [5.41, 5.74) is 7.90. The number of rotatable bonds is 3. The molecule has 3 N–H and O–H groups in total. The molecule has 23 heavy (non-hydrogen) atoms. The predicted octanol–water partition coefficient (Wildman–Crippen LogP) is 3.62. The highest BCUT2D eigenvalue weighted by Gasteiger charge is 2.18. The van der Waals surface area contributed by atoms with Crippen molar-refractivity contribution >= 4 is 16.7 Å². The lowest BCUT2D eigenvalue weighted by Crippen LogP contribution is -2.12. The summed E-state index contributed by atoms with van der Waals surface area (Å²) >= 11 is 0. The smallest absolute Gasteiger partial charge is 0.265 e. The van der Waals surface area contributed by atoms with E-state index in [4.69, 9.17) is 5.73 Å². The first-order chi connectivity index (χ1) is 11.0. The predicted molar refractivity (Wildman–Crippen MR) is 91.8 cm³/mol. The number of benzene rings is 2. The molecule has 3 rings (SSSR count). The number of nitrogens with zero attached hydrogens (tertiary/aromatic N) is 1. The molecular formula is C19H20N2O2. The lowest BCUT2D eigenvalue weighted by atomic mass is 9.94. The van der Waals surface area contributed by atoms with Crippen molar-refractivity contribution in [1.29, 1.82) is 0 Å². The Labute approximate surface area is 135 Å². The van der Waals surface area contributed by atoms with Crippen LogP contribution in [0.1, 0.15) is 41.3 Å². The molecule has 0 fully saturated rings. The molecular weight excluding hydrogens is 288 g/mol. The number of phenolic OH excluding ortho intramolecular Hbond substituents is 1. The van der Waals surface area contributed by atoms with Crippen molar-refractivity contribution in [3.8, 4) is 5.75 Å². The highest BCUT2D eigenvalue weighted by Crippen LogP contribution is 2.29. The molecule has 4 nitrogen and oxygen atoms in total. The number of carbonyl (C=O) groups excluding carboxylic acids is 1. The summed E-state index contributed by atoms with van der Waals surface area (Å²) in [6, 6.07) is 11.1. The zero-order valence-electron chi connectivity index (χ0n) is 13.3. The first kappa shape index (κ1) is 15.3. The molecule has 0 unspecified atom stereocenters. The Balaban J connectivity index is 2.09. The molecule has 4 heteroatoms. The van der Waals surface area contributed by atoms with E-state index in [-0.39, 0.29) is 17.6 Å². The summed E-state index contributed by atoms with van der Waals surface area (Å²) in [5, 5.41) is 12.2. The fourth-order valence-corrected chi connectivity index (χ4v) is 2.87. The van der Waals surface area contributed by atoms with Crippen molar-refractivity contribution < 1.29 is 9.90 Å². The van der Waals surface area contributed by atoms with Gasteiger partial charge in [0.25, 0.3) is 5.91 Å². The largest absolute Gasteiger partial charge is 0.507 e. The van der Waals surface area contributed by atoms with Crippen LogP contribution in [-0.4, -0.2) is 15.6 Å². The Bertz CT molecular complexity index is 845. The van der Waals surface area contributed by atoms with E-state index in [1.54, 1.807) is 24.5 Å². The van der Waals surface area contributed by atoms with Gasteiger partial charge in [-0.05, 0) is 39.9 Å². The molecule has 0 aliphatic carbocycles. The zero-order chi connectivity index (χ0) is 16.6. The van der Waals surface area contributed by atoms with Crippen molar-refractivity contribution in [3.05, 3.63) is 65.5 Å². The first-order valence-electron chi connectivity index (χ1n) is 7.68. The van der Waals surface area contributed by atoms with E-state index in [2.05, 4.69) is 0 Å². The van der Waals surface area contributed by atoms with Crippen molar-refractivity contribution in [2.45, 2.75) is 26.3 Å². The minimum atomic E-state index is -0.246. The van der Waals surface area contributed by atoms with E-state index >= 15 is 0 Å². The third-order valence-corrected chi connectivity index (χ3v) is 4.12. The van der Waals surface area contributed by atoms with Gasteiger partial charge in [-0.15, -0.1) is 0 Å². The SMILES string of the molecule is CC(C)c1cc(C(=O)n2cc3ccccc3c2)c(O)cc1CN. The molecule has 0 radical (unpaired) electrons. The molecule has 0 aliphatic heterocycles. The van der Waals surface area contributed by atoms with Gasteiger partial charge >= 0.3 is 0 Å². The topological polar surface area (TPSA) is 68.2 Å². The molecule has 1 heterocycles. The second-order valence-corrected chi connectivity index (χ2v) is 6.03. The molecule has 0 saturated carbocycles. The zero-order valence-corrected chi connectivity index (χ0v) is 13.3. The van der Waals surface area contributed by atoms with Crippen LogP contribution in [0.2, 0.25) is 0 Å². The molecule has 0 amide bonds. The molecule has 0 aliphatic rings. The quantitative estimate of drug-likeness (QED) is 0.776. The van der Waals surface area contributed by atoms with Crippen LogP contribution in [0.5, 0.6) is 5.75 Å². The Hall–Kier alpha value is -2.59. The number of aromatic nitrogens is 1. The van der Waals surface area contributed by atoms with Gasteiger partial charge < -0.3 is 10.8 Å². The van der Waals surface area contributed by atoms with Gasteiger partial charge in [0.15, 0.2) is 0 Å². The second kappa shape index (κ2) is 5.89. The minimum Gasteiger partial charge on any atom is -0.507 e. The standard InChI is InChI=1S/C19H20N2O2/c1-12(2)16-8-17(18(22)7-15(16)9-20)19(23)21-10-13-5-3-4-6-14(13)11-21/h3-8,10-12,22H,9,20H2,1-2H3. The maximum atomic E-state index is 12.8. The number of carbonyl (C=O) groups is 1. The number of nitrogens with two attached hydrogens (primary N) is 1. The summed E-state index contributed by atoms with van der Waals surface area (Å²) < 4.78 is 1.52. The molecule has 3 aromatic rings. The molecule has 0 bridgehead atoms. The number of hydrogen-bond acceptors (Lipinski definition) is 3. The van der Waals surface area contributed by atoms with Gasteiger partial charge in [-0.1, -0.05) is 38.1 Å². The monoisotopic (exact) mass is 308 g/mol. The van der Waals surface area contributed by atoms with E-state index < -0.39 is 0 Å². The average Bonchev–Trinajstić information content (AvgIpc) is 2.97. The van der Waals surface area contributed by atoms with Gasteiger partial charge in [0.2, 0.25) is 0 Å². The van der Waals surface area contributed by atoms with E-state index in [0.717, 1.165) is 21.9 Å². The summed E-state index contributed by atoms with van der Waals surface area (Å²) in [4.78, 5) is 12.8. The Morgan fingerprint density at radius 1 is 1.17 bits per heavy atom. The van der Waals surface area contributed by atoms with Crippen LogP contribution in [0.3, 0.4) is 0 Å². The van der Waals surface area contributed by atoms with Crippen molar-refractivity contribution in [1.82, 2.24) is 4.57 Å². The van der Waals surface area contributed by atoms with E-state index in [9.17, 15) is 9.90 Å². The maximum Gasteiger partial charge on any atom is 0.265 e. The lowest BCUT2D eigenvalue weighted by Gasteiger charge is -2.15. The van der Waals surface area contributed by atoms with Crippen LogP contribution in [0.15, 0.2) is 48.8 Å². The van der Waals surface area contributed by atoms with E-state index in [1.165, 1.54) is 4.57 Å². The van der Waals surface area contributed by atoms with Crippen LogP contribution in [0.25, 0.3) is 10.8 Å². The third kappa shape index (κ3) is 2.73. The van der Waals surface area contributed by atoms with Gasteiger partial charge in [-0.3, -0.25) is 9.36 Å². The van der Waals surface area contributed by atoms with Crippen LogP contribution in [0, 0.1) is 0 Å². The Morgan fingerprint density at radius 2 is 1.78 bits per heavy atom. The minimum absolute atomic E-state index is 0.0300. The van der Waals surface area contributed by atoms with Crippen molar-refractivity contribution in [2.24, 2.45) is 5.73 Å². The Morgan fingerprint density at radius 3 is 2.30 bits per heavy atom. The fraction of sp³-hybridized carbons (Fsp3) is 0.211. The third-order valence-electron chi connectivity index (χ3n) is 4.12. The van der Waals surface area contributed by atoms with E-state index in [1.807, 2.05) is 38.1 Å². The number of fused-ring (bicyclic) bond motifs is 1. The molecule has 0 atom stereocenters. The van der Waals surface area contributed by atoms with Gasteiger partial charge in [0.05, 0.1) is 5.56 Å². The van der Waals surface area contributed by atoms with Gasteiger partial charge in [0, 0.05) is 18.9 Å². The van der Waals surface area contributed by atoms with Crippen molar-refractivity contribution in [3.63, 3.8) is 0 Å². The summed E-state index contributed by atoms with van der Waals surface area (Å²) in [7, 11) is 0. The molecule has 118 valence electrons. The van der Waals surface area contributed by atoms with Crippen molar-refractivity contribution in [2.75, 3.05) is 0 Å². The lowest BCUT2D eigenvalue weighted by molar-refractivity contribution is 0.0958. The van der Waals surface area contributed by atoms with E-state index in [0.29, 0.717) is 12.1 Å². The van der Waals surface area contributed by atoms with Crippen LogP contribution in [0.4, 0.5) is 0 Å². The fourth-order valence-electron chi connectivity index (χ4n) is 2.87. The van der Waals surface area contributed by atoms with Gasteiger partial charge in [-0.25, -0.2) is 0 Å².